The number of nitrogens with one attached hydrogen (secondary N) is 1. The van der Waals surface area contributed by atoms with Crippen molar-refractivity contribution >= 4 is 44.3 Å². The number of rotatable bonds is 5. The first-order valence-corrected chi connectivity index (χ1v) is 7.20. The predicted octanol–water partition coefficient (Wildman–Crippen LogP) is 1.55. The molecule has 0 amide bonds. The minimum absolute atomic E-state index is 0.000213. The van der Waals surface area contributed by atoms with Crippen LogP contribution in [-0.4, -0.2) is 18.7 Å². The largest absolute Gasteiger partial charge is 0.392 e. The van der Waals surface area contributed by atoms with Gasteiger partial charge in [0.1, 0.15) is 5.25 Å². The Morgan fingerprint density at radius 3 is 2.80 bits per heavy atom. The minimum atomic E-state index is -3.50. The molecule has 0 aliphatic heterocycles. The van der Waals surface area contributed by atoms with Gasteiger partial charge in [-0.15, -0.1) is 0 Å². The summed E-state index contributed by atoms with van der Waals surface area (Å²) in [5.41, 5.74) is 5.93. The third-order valence-corrected chi connectivity index (χ3v) is 4.82. The second-order valence-electron chi connectivity index (χ2n) is 2.96. The lowest BCUT2D eigenvalue weighted by Crippen LogP contribution is -2.37. The molecule has 1 unspecified atom stereocenters. The SMILES string of the molecule is CCC(C(N)=S)S(=O)(=O)Nc1ccsc1. The third-order valence-electron chi connectivity index (χ3n) is 1.84. The van der Waals surface area contributed by atoms with Gasteiger partial charge in [-0.25, -0.2) is 8.42 Å². The first-order chi connectivity index (χ1) is 6.97. The van der Waals surface area contributed by atoms with Crippen molar-refractivity contribution in [1.29, 1.82) is 0 Å². The fourth-order valence-electron chi connectivity index (χ4n) is 1.13. The first-order valence-electron chi connectivity index (χ1n) is 4.30. The normalized spacial score (nSPS) is 13.4. The van der Waals surface area contributed by atoms with Crippen molar-refractivity contribution in [2.45, 2.75) is 18.6 Å². The number of sulfonamides is 1. The molecule has 7 heteroatoms. The van der Waals surface area contributed by atoms with Gasteiger partial charge >= 0.3 is 0 Å². The van der Waals surface area contributed by atoms with Gasteiger partial charge in [-0.2, -0.15) is 11.3 Å². The van der Waals surface area contributed by atoms with E-state index in [1.165, 1.54) is 11.3 Å². The molecule has 84 valence electrons. The Kier molecular flexibility index (Phi) is 4.06. The van der Waals surface area contributed by atoms with Crippen LogP contribution in [0.2, 0.25) is 0 Å². The van der Waals surface area contributed by atoms with Gasteiger partial charge in [0.15, 0.2) is 0 Å². The topological polar surface area (TPSA) is 72.2 Å². The number of thiocarbonyl (C=S) groups is 1. The summed E-state index contributed by atoms with van der Waals surface area (Å²) in [5, 5.41) is 2.69. The maximum Gasteiger partial charge on any atom is 0.242 e. The third kappa shape index (κ3) is 3.15. The fourth-order valence-corrected chi connectivity index (χ4v) is 3.68. The van der Waals surface area contributed by atoms with E-state index < -0.39 is 15.3 Å². The Labute approximate surface area is 98.5 Å². The lowest BCUT2D eigenvalue weighted by molar-refractivity contribution is 0.594. The van der Waals surface area contributed by atoms with Gasteiger partial charge in [0.05, 0.1) is 10.7 Å². The van der Waals surface area contributed by atoms with Crippen molar-refractivity contribution in [2.75, 3.05) is 4.72 Å². The number of anilines is 1. The highest BCUT2D eigenvalue weighted by Gasteiger charge is 2.26. The summed E-state index contributed by atoms with van der Waals surface area (Å²) in [6.45, 7) is 1.73. The van der Waals surface area contributed by atoms with Crippen molar-refractivity contribution < 1.29 is 8.42 Å². The molecule has 0 aromatic carbocycles. The summed E-state index contributed by atoms with van der Waals surface area (Å²) >= 11 is 6.14. The van der Waals surface area contributed by atoms with E-state index in [9.17, 15) is 8.42 Å². The van der Waals surface area contributed by atoms with Crippen LogP contribution in [0.3, 0.4) is 0 Å². The second kappa shape index (κ2) is 4.91. The van der Waals surface area contributed by atoms with Gasteiger partial charge in [0.2, 0.25) is 10.0 Å². The van der Waals surface area contributed by atoms with E-state index in [0.717, 1.165) is 0 Å². The van der Waals surface area contributed by atoms with Crippen molar-refractivity contribution in [3.05, 3.63) is 16.8 Å². The average Bonchev–Trinajstić information content (AvgIpc) is 2.55. The van der Waals surface area contributed by atoms with Crippen molar-refractivity contribution in [1.82, 2.24) is 0 Å². The minimum Gasteiger partial charge on any atom is -0.392 e. The lowest BCUT2D eigenvalue weighted by Gasteiger charge is -2.14. The molecule has 1 aromatic rings. The van der Waals surface area contributed by atoms with Gasteiger partial charge in [0.25, 0.3) is 0 Å². The molecular weight excluding hydrogens is 252 g/mol. The van der Waals surface area contributed by atoms with E-state index in [0.29, 0.717) is 12.1 Å². The Balaban J connectivity index is 2.87. The van der Waals surface area contributed by atoms with E-state index in [4.69, 9.17) is 18.0 Å². The Bertz CT molecular complexity index is 425. The summed E-state index contributed by atoms with van der Waals surface area (Å²) < 4.78 is 26.0. The highest BCUT2D eigenvalue weighted by Crippen LogP contribution is 2.16. The molecule has 0 fully saturated rings. The van der Waals surface area contributed by atoms with Crippen molar-refractivity contribution in [2.24, 2.45) is 5.73 Å². The monoisotopic (exact) mass is 264 g/mol. The lowest BCUT2D eigenvalue weighted by atomic mass is 10.3. The number of hydrogen-bond acceptors (Lipinski definition) is 4. The molecule has 0 spiro atoms. The Morgan fingerprint density at radius 1 is 1.73 bits per heavy atom. The van der Waals surface area contributed by atoms with Gasteiger partial charge < -0.3 is 5.73 Å². The number of thiophene rings is 1. The Hall–Kier alpha value is -0.660. The molecule has 1 heterocycles. The van der Waals surface area contributed by atoms with E-state index in [1.807, 2.05) is 0 Å². The molecule has 1 aromatic heterocycles. The molecule has 0 saturated heterocycles. The Morgan fingerprint density at radius 2 is 2.40 bits per heavy atom. The maximum atomic E-state index is 11.8. The molecule has 1 rings (SSSR count). The van der Waals surface area contributed by atoms with Crippen LogP contribution < -0.4 is 10.5 Å². The molecule has 0 saturated carbocycles. The number of hydrogen-bond donors (Lipinski definition) is 2. The highest BCUT2D eigenvalue weighted by molar-refractivity contribution is 7.95. The molecule has 1 atom stereocenters. The number of nitrogens with two attached hydrogens (primary N) is 1. The molecule has 15 heavy (non-hydrogen) atoms. The zero-order valence-corrected chi connectivity index (χ0v) is 10.6. The highest BCUT2D eigenvalue weighted by atomic mass is 32.2. The fraction of sp³-hybridized carbons (Fsp3) is 0.375. The van der Waals surface area contributed by atoms with Crippen LogP contribution in [0.5, 0.6) is 0 Å². The van der Waals surface area contributed by atoms with Crippen LogP contribution >= 0.6 is 23.6 Å². The molecule has 0 radical (unpaired) electrons. The molecule has 0 aliphatic carbocycles. The second-order valence-corrected chi connectivity index (χ2v) is 6.07. The van der Waals surface area contributed by atoms with Crippen LogP contribution in [0.25, 0.3) is 0 Å². The average molecular weight is 264 g/mol. The zero-order chi connectivity index (χ0) is 11.5. The summed E-state index contributed by atoms with van der Waals surface area (Å²) in [7, 11) is -3.50. The molecule has 3 N–H and O–H groups in total. The van der Waals surface area contributed by atoms with Gasteiger partial charge in [-0.05, 0) is 17.9 Å². The molecule has 4 nitrogen and oxygen atoms in total. The van der Waals surface area contributed by atoms with Gasteiger partial charge in [-0.1, -0.05) is 19.1 Å². The molecule has 0 bridgehead atoms. The van der Waals surface area contributed by atoms with E-state index in [1.54, 1.807) is 23.8 Å². The van der Waals surface area contributed by atoms with Crippen LogP contribution in [0, 0.1) is 0 Å². The van der Waals surface area contributed by atoms with Crippen LogP contribution in [0.4, 0.5) is 5.69 Å². The van der Waals surface area contributed by atoms with Crippen molar-refractivity contribution in [3.8, 4) is 0 Å². The smallest absolute Gasteiger partial charge is 0.242 e. The molecule has 0 aliphatic rings. The van der Waals surface area contributed by atoms with E-state index >= 15 is 0 Å². The van der Waals surface area contributed by atoms with Gasteiger partial charge in [0, 0.05) is 5.38 Å². The molecular formula is C8H12N2O2S3. The van der Waals surface area contributed by atoms with Crippen LogP contribution in [-0.2, 0) is 10.0 Å². The summed E-state index contributed by atoms with van der Waals surface area (Å²) in [6.07, 6.45) is 0.370. The van der Waals surface area contributed by atoms with Crippen LogP contribution in [0.1, 0.15) is 13.3 Å². The van der Waals surface area contributed by atoms with E-state index in [2.05, 4.69) is 4.72 Å². The first kappa shape index (κ1) is 12.4. The van der Waals surface area contributed by atoms with E-state index in [-0.39, 0.29) is 4.99 Å². The van der Waals surface area contributed by atoms with Gasteiger partial charge in [-0.3, -0.25) is 4.72 Å². The summed E-state index contributed by atoms with van der Waals surface area (Å²) in [5.74, 6) is 0. The maximum absolute atomic E-state index is 11.8. The quantitative estimate of drug-likeness (QED) is 0.792. The summed E-state index contributed by atoms with van der Waals surface area (Å²) in [6, 6.07) is 1.69. The zero-order valence-electron chi connectivity index (χ0n) is 8.14. The standard InChI is InChI=1S/C8H12N2O2S3/c1-2-7(8(9)13)15(11,12)10-6-3-4-14-5-6/h3-5,7,10H,2H2,1H3,(H2,9,13). The predicted molar refractivity (Wildman–Crippen MR) is 67.7 cm³/mol. The summed E-state index contributed by atoms with van der Waals surface area (Å²) in [4.78, 5) is 0.000213. The van der Waals surface area contributed by atoms with Crippen molar-refractivity contribution in [3.63, 3.8) is 0 Å². The van der Waals surface area contributed by atoms with Crippen LogP contribution in [0.15, 0.2) is 16.8 Å².